The van der Waals surface area contributed by atoms with Crippen LogP contribution in [0.5, 0.6) is 0 Å². The summed E-state index contributed by atoms with van der Waals surface area (Å²) in [5.41, 5.74) is 4.74. The molecular formula is C6H14N2O2. The van der Waals surface area contributed by atoms with Gasteiger partial charge in [0.2, 0.25) is 11.8 Å². The molecule has 0 aliphatic heterocycles. The van der Waals surface area contributed by atoms with Gasteiger partial charge in [-0.2, -0.15) is 0 Å². The molecule has 0 saturated heterocycles. The third-order valence-electron chi connectivity index (χ3n) is 0.781. The minimum atomic E-state index is -0.517. The number of amides is 2. The summed E-state index contributed by atoms with van der Waals surface area (Å²) in [6, 6.07) is 0. The molecule has 0 atom stereocenters. The zero-order valence-electron chi connectivity index (χ0n) is 5.31. The maximum absolute atomic E-state index is 10.4. The van der Waals surface area contributed by atoms with Crippen molar-refractivity contribution in [3.8, 4) is 0 Å². The smallest absolute Gasteiger partial charge is 0.236 e. The van der Waals surface area contributed by atoms with Crippen molar-refractivity contribution in [3.63, 3.8) is 0 Å². The van der Waals surface area contributed by atoms with Gasteiger partial charge in [0.05, 0.1) is 6.54 Å². The molecule has 10 heavy (non-hydrogen) atoms. The Balaban J connectivity index is 0. The van der Waals surface area contributed by atoms with Crippen molar-refractivity contribution in [2.24, 2.45) is 5.73 Å². The van der Waals surface area contributed by atoms with Crippen LogP contribution >= 0.6 is 0 Å². The lowest BCUT2D eigenvalue weighted by molar-refractivity contribution is -0.124. The van der Waals surface area contributed by atoms with Crippen LogP contribution in [-0.4, -0.2) is 18.4 Å². The molecule has 0 aromatic heterocycles. The van der Waals surface area contributed by atoms with Crippen LogP contribution in [0.3, 0.4) is 0 Å². The number of primary amides is 1. The summed E-state index contributed by atoms with van der Waals surface area (Å²) >= 11 is 0. The van der Waals surface area contributed by atoms with Crippen molar-refractivity contribution in [1.82, 2.24) is 5.32 Å². The minimum absolute atomic E-state index is 0. The highest BCUT2D eigenvalue weighted by Crippen LogP contribution is 1.71. The summed E-state index contributed by atoms with van der Waals surface area (Å²) in [5, 5.41) is 2.32. The number of hydrogen-bond donors (Lipinski definition) is 2. The highest BCUT2D eigenvalue weighted by Gasteiger charge is 1.96. The van der Waals surface area contributed by atoms with Crippen LogP contribution in [0.1, 0.15) is 20.8 Å². The Bertz CT molecular complexity index is 123. The van der Waals surface area contributed by atoms with Gasteiger partial charge in [-0.05, 0) is 0 Å². The highest BCUT2D eigenvalue weighted by molar-refractivity contribution is 5.83. The van der Waals surface area contributed by atoms with E-state index >= 15 is 0 Å². The van der Waals surface area contributed by atoms with Crippen LogP contribution in [0.25, 0.3) is 0 Å². The first-order valence-electron chi connectivity index (χ1n) is 2.71. The predicted molar refractivity (Wildman–Crippen MR) is 39.2 cm³/mol. The van der Waals surface area contributed by atoms with Crippen molar-refractivity contribution in [2.75, 3.05) is 6.54 Å². The molecule has 0 fully saturated rings. The first-order valence-corrected chi connectivity index (χ1v) is 2.71. The van der Waals surface area contributed by atoms with Crippen molar-refractivity contribution < 1.29 is 9.59 Å². The van der Waals surface area contributed by atoms with Crippen molar-refractivity contribution >= 4 is 11.8 Å². The molecule has 0 aliphatic rings. The Morgan fingerprint density at radius 3 is 2.30 bits per heavy atom. The molecule has 0 aromatic rings. The van der Waals surface area contributed by atoms with Gasteiger partial charge >= 0.3 is 0 Å². The normalized spacial score (nSPS) is 7.70. The van der Waals surface area contributed by atoms with Gasteiger partial charge in [-0.25, -0.2) is 0 Å². The quantitative estimate of drug-likeness (QED) is 0.570. The van der Waals surface area contributed by atoms with E-state index in [2.05, 4.69) is 5.32 Å². The fourth-order valence-corrected chi connectivity index (χ4v) is 0.311. The fourth-order valence-electron chi connectivity index (χ4n) is 0.311. The van der Waals surface area contributed by atoms with Gasteiger partial charge in [-0.15, -0.1) is 0 Å². The lowest BCUT2D eigenvalue weighted by Gasteiger charge is -1.96. The molecule has 0 saturated carbocycles. The van der Waals surface area contributed by atoms with Gasteiger partial charge in [0, 0.05) is 6.42 Å². The van der Waals surface area contributed by atoms with Crippen LogP contribution in [0.15, 0.2) is 0 Å². The number of hydrogen-bond acceptors (Lipinski definition) is 2. The van der Waals surface area contributed by atoms with E-state index in [0.717, 1.165) is 0 Å². The molecule has 60 valence electrons. The Morgan fingerprint density at radius 1 is 1.50 bits per heavy atom. The first kappa shape index (κ1) is 11.7. The maximum Gasteiger partial charge on any atom is 0.236 e. The monoisotopic (exact) mass is 146 g/mol. The molecule has 0 unspecified atom stereocenters. The van der Waals surface area contributed by atoms with Crippen LogP contribution in [0, 0.1) is 0 Å². The van der Waals surface area contributed by atoms with Gasteiger partial charge in [0.15, 0.2) is 0 Å². The van der Waals surface area contributed by atoms with E-state index < -0.39 is 5.91 Å². The molecular weight excluding hydrogens is 132 g/mol. The summed E-state index contributed by atoms with van der Waals surface area (Å²) in [4.78, 5) is 20.4. The molecule has 0 rings (SSSR count). The van der Waals surface area contributed by atoms with Crippen LogP contribution < -0.4 is 11.1 Å². The van der Waals surface area contributed by atoms with Crippen molar-refractivity contribution in [1.29, 1.82) is 0 Å². The summed E-state index contributed by atoms with van der Waals surface area (Å²) in [7, 11) is 0. The molecule has 3 N–H and O–H groups in total. The number of rotatable bonds is 3. The van der Waals surface area contributed by atoms with Crippen LogP contribution in [0.4, 0.5) is 0 Å². The molecule has 0 aromatic carbocycles. The second-order valence-corrected chi connectivity index (χ2v) is 1.60. The van der Waals surface area contributed by atoms with Gasteiger partial charge in [0.25, 0.3) is 0 Å². The number of nitrogens with two attached hydrogens (primary N) is 1. The SMILES string of the molecule is C.CCC(=O)NCC(N)=O. The summed E-state index contributed by atoms with van der Waals surface area (Å²) in [6.07, 6.45) is 0.382. The molecule has 4 heteroatoms. The van der Waals surface area contributed by atoms with E-state index in [9.17, 15) is 9.59 Å². The summed E-state index contributed by atoms with van der Waals surface area (Å²) < 4.78 is 0. The van der Waals surface area contributed by atoms with E-state index in [1.54, 1.807) is 6.92 Å². The predicted octanol–water partition coefficient (Wildman–Crippen LogP) is -0.366. The molecule has 0 spiro atoms. The highest BCUT2D eigenvalue weighted by atomic mass is 16.2. The van der Waals surface area contributed by atoms with Crippen LogP contribution in [-0.2, 0) is 9.59 Å². The molecule has 0 aliphatic carbocycles. The third kappa shape index (κ3) is 6.94. The van der Waals surface area contributed by atoms with Crippen LogP contribution in [0.2, 0.25) is 0 Å². The number of carbonyl (C=O) groups excluding carboxylic acids is 2. The lowest BCUT2D eigenvalue weighted by Crippen LogP contribution is -2.32. The fraction of sp³-hybridized carbons (Fsp3) is 0.667. The first-order chi connectivity index (χ1) is 4.16. The van der Waals surface area contributed by atoms with Gasteiger partial charge in [0.1, 0.15) is 0 Å². The van der Waals surface area contributed by atoms with E-state index in [-0.39, 0.29) is 19.9 Å². The average Bonchev–Trinajstić information content (AvgIpc) is 1.83. The van der Waals surface area contributed by atoms with E-state index in [1.165, 1.54) is 0 Å². The molecule has 0 radical (unpaired) electrons. The van der Waals surface area contributed by atoms with E-state index in [1.807, 2.05) is 0 Å². The number of nitrogens with one attached hydrogen (secondary N) is 1. The van der Waals surface area contributed by atoms with E-state index in [0.29, 0.717) is 6.42 Å². The van der Waals surface area contributed by atoms with Crippen molar-refractivity contribution in [2.45, 2.75) is 20.8 Å². The topological polar surface area (TPSA) is 72.2 Å². The molecule has 0 bridgehead atoms. The third-order valence-corrected chi connectivity index (χ3v) is 0.781. The molecule has 0 heterocycles. The lowest BCUT2D eigenvalue weighted by atomic mass is 10.4. The molecule has 2 amide bonds. The minimum Gasteiger partial charge on any atom is -0.368 e. The van der Waals surface area contributed by atoms with Gasteiger partial charge in [-0.1, -0.05) is 14.4 Å². The Labute approximate surface area is 60.8 Å². The Kier molecular flexibility index (Phi) is 7.10. The summed E-state index contributed by atoms with van der Waals surface area (Å²) in [6.45, 7) is 1.64. The Morgan fingerprint density at radius 2 is 2.00 bits per heavy atom. The molecule has 4 nitrogen and oxygen atoms in total. The standard InChI is InChI=1S/C5H10N2O2.CH4/c1-2-5(9)7-3-4(6)8;/h2-3H2,1H3,(H2,6,8)(H,7,9);1H4. The second kappa shape index (κ2) is 6.07. The summed E-state index contributed by atoms with van der Waals surface area (Å²) in [5.74, 6) is -0.675. The largest absolute Gasteiger partial charge is 0.368 e. The average molecular weight is 146 g/mol. The number of carbonyl (C=O) groups is 2. The van der Waals surface area contributed by atoms with Gasteiger partial charge in [-0.3, -0.25) is 9.59 Å². The zero-order chi connectivity index (χ0) is 7.28. The second-order valence-electron chi connectivity index (χ2n) is 1.60. The maximum atomic E-state index is 10.4. The zero-order valence-corrected chi connectivity index (χ0v) is 5.31. The van der Waals surface area contributed by atoms with Crippen molar-refractivity contribution in [3.05, 3.63) is 0 Å². The van der Waals surface area contributed by atoms with Gasteiger partial charge < -0.3 is 11.1 Å². The Hall–Kier alpha value is -1.06. The van der Waals surface area contributed by atoms with E-state index in [4.69, 9.17) is 5.73 Å².